The molecule has 0 bridgehead atoms. The third-order valence-corrected chi connectivity index (χ3v) is 6.20. The smallest absolute Gasteiger partial charge is 0.253 e. The number of methoxy groups -OCH3 is 1. The SMILES string of the molecule is COc1ccc(C(=O)N2CCC(Cc3ccccc3)CC2)cc1S(C)(=O)=O. The zero-order valence-corrected chi connectivity index (χ0v) is 16.5. The quantitative estimate of drug-likeness (QED) is 0.790. The van der Waals surface area contributed by atoms with Gasteiger partial charge in [-0.05, 0) is 48.9 Å². The van der Waals surface area contributed by atoms with Gasteiger partial charge in [0.15, 0.2) is 9.84 Å². The third-order valence-electron chi connectivity index (χ3n) is 5.08. The summed E-state index contributed by atoms with van der Waals surface area (Å²) in [6, 6.07) is 15.0. The molecule has 3 rings (SSSR count). The van der Waals surface area contributed by atoms with Crippen LogP contribution in [-0.2, 0) is 16.3 Å². The van der Waals surface area contributed by atoms with Crippen LogP contribution in [0.3, 0.4) is 0 Å². The fraction of sp³-hybridized carbons (Fsp3) is 0.381. The van der Waals surface area contributed by atoms with Crippen molar-refractivity contribution in [3.8, 4) is 5.75 Å². The van der Waals surface area contributed by atoms with Gasteiger partial charge in [0, 0.05) is 24.9 Å². The van der Waals surface area contributed by atoms with Crippen molar-refractivity contribution in [2.75, 3.05) is 26.5 Å². The Bertz CT molecular complexity index is 901. The lowest BCUT2D eigenvalue weighted by Gasteiger charge is -2.32. The van der Waals surface area contributed by atoms with E-state index in [4.69, 9.17) is 4.74 Å². The van der Waals surface area contributed by atoms with Crippen LogP contribution >= 0.6 is 0 Å². The molecule has 0 saturated carbocycles. The van der Waals surface area contributed by atoms with Gasteiger partial charge in [-0.1, -0.05) is 30.3 Å². The lowest BCUT2D eigenvalue weighted by molar-refractivity contribution is 0.0690. The standard InChI is InChI=1S/C21H25NO4S/c1-26-19-9-8-18(15-20(19)27(2,24)25)21(23)22-12-10-17(11-13-22)14-16-6-4-3-5-7-16/h3-9,15,17H,10-14H2,1-2H3. The van der Waals surface area contributed by atoms with Crippen molar-refractivity contribution in [1.82, 2.24) is 4.90 Å². The molecule has 1 aliphatic rings. The molecule has 0 spiro atoms. The maximum atomic E-state index is 12.8. The second-order valence-electron chi connectivity index (χ2n) is 7.06. The largest absolute Gasteiger partial charge is 0.495 e. The first-order valence-corrected chi connectivity index (χ1v) is 11.0. The number of ether oxygens (including phenoxy) is 1. The van der Waals surface area contributed by atoms with Gasteiger partial charge in [0.25, 0.3) is 5.91 Å². The molecule has 27 heavy (non-hydrogen) atoms. The first-order chi connectivity index (χ1) is 12.9. The van der Waals surface area contributed by atoms with Gasteiger partial charge in [0.05, 0.1) is 7.11 Å². The average molecular weight is 388 g/mol. The van der Waals surface area contributed by atoms with E-state index in [1.807, 2.05) is 11.0 Å². The van der Waals surface area contributed by atoms with Crippen molar-refractivity contribution in [1.29, 1.82) is 0 Å². The molecule has 2 aromatic rings. The predicted molar refractivity (Wildman–Crippen MR) is 105 cm³/mol. The second-order valence-corrected chi connectivity index (χ2v) is 9.05. The summed E-state index contributed by atoms with van der Waals surface area (Å²) in [4.78, 5) is 14.7. The number of amides is 1. The molecule has 1 amide bonds. The molecule has 1 heterocycles. The number of benzene rings is 2. The monoisotopic (exact) mass is 387 g/mol. The number of sulfone groups is 1. The Hall–Kier alpha value is -2.34. The number of carbonyl (C=O) groups excluding carboxylic acids is 1. The summed E-state index contributed by atoms with van der Waals surface area (Å²) in [5, 5.41) is 0. The maximum Gasteiger partial charge on any atom is 0.253 e. The maximum absolute atomic E-state index is 12.8. The van der Waals surface area contributed by atoms with Gasteiger partial charge in [-0.3, -0.25) is 4.79 Å². The molecule has 1 saturated heterocycles. The number of piperidine rings is 1. The van der Waals surface area contributed by atoms with Crippen molar-refractivity contribution in [2.24, 2.45) is 5.92 Å². The van der Waals surface area contributed by atoms with Crippen LogP contribution in [0.4, 0.5) is 0 Å². The summed E-state index contributed by atoms with van der Waals surface area (Å²) in [6.45, 7) is 1.38. The van der Waals surface area contributed by atoms with E-state index in [1.54, 1.807) is 12.1 Å². The fourth-order valence-corrected chi connectivity index (χ4v) is 4.43. The van der Waals surface area contributed by atoms with Crippen LogP contribution in [-0.4, -0.2) is 45.7 Å². The molecule has 0 aromatic heterocycles. The molecule has 0 unspecified atom stereocenters. The highest BCUT2D eigenvalue weighted by Crippen LogP contribution is 2.27. The fourth-order valence-electron chi connectivity index (χ4n) is 3.57. The van der Waals surface area contributed by atoms with Crippen LogP contribution in [0.15, 0.2) is 53.4 Å². The summed E-state index contributed by atoms with van der Waals surface area (Å²) in [7, 11) is -2.05. The minimum absolute atomic E-state index is 0.0508. The highest BCUT2D eigenvalue weighted by atomic mass is 32.2. The highest BCUT2D eigenvalue weighted by molar-refractivity contribution is 7.90. The molecular weight excluding hydrogens is 362 g/mol. The van der Waals surface area contributed by atoms with E-state index in [2.05, 4.69) is 24.3 Å². The van der Waals surface area contributed by atoms with Gasteiger partial charge < -0.3 is 9.64 Å². The van der Waals surface area contributed by atoms with Gasteiger partial charge in [0.2, 0.25) is 0 Å². The Balaban J connectivity index is 1.67. The summed E-state index contributed by atoms with van der Waals surface area (Å²) in [6.07, 6.45) is 4.06. The van der Waals surface area contributed by atoms with Gasteiger partial charge in [0.1, 0.15) is 10.6 Å². The van der Waals surface area contributed by atoms with E-state index in [0.29, 0.717) is 24.6 Å². The summed E-state index contributed by atoms with van der Waals surface area (Å²) >= 11 is 0. The van der Waals surface area contributed by atoms with Crippen LogP contribution < -0.4 is 4.74 Å². The molecule has 0 N–H and O–H groups in total. The van der Waals surface area contributed by atoms with Gasteiger partial charge in [-0.2, -0.15) is 0 Å². The molecule has 1 aliphatic heterocycles. The molecule has 0 radical (unpaired) electrons. The van der Waals surface area contributed by atoms with Crippen LogP contribution in [0.5, 0.6) is 5.75 Å². The lowest BCUT2D eigenvalue weighted by Crippen LogP contribution is -2.39. The van der Waals surface area contributed by atoms with Gasteiger partial charge in [-0.25, -0.2) is 8.42 Å². The normalized spacial score (nSPS) is 15.6. The first kappa shape index (κ1) is 19.4. The van der Waals surface area contributed by atoms with E-state index in [-0.39, 0.29) is 16.6 Å². The number of likely N-dealkylation sites (tertiary alicyclic amines) is 1. The van der Waals surface area contributed by atoms with E-state index < -0.39 is 9.84 Å². The number of carbonyl (C=O) groups is 1. The van der Waals surface area contributed by atoms with Gasteiger partial charge >= 0.3 is 0 Å². The topological polar surface area (TPSA) is 63.7 Å². The minimum Gasteiger partial charge on any atom is -0.495 e. The Kier molecular flexibility index (Phi) is 5.85. The zero-order chi connectivity index (χ0) is 19.4. The summed E-state index contributed by atoms with van der Waals surface area (Å²) in [5.74, 6) is 0.704. The number of nitrogens with zero attached hydrogens (tertiary/aromatic N) is 1. The van der Waals surface area contributed by atoms with E-state index in [0.717, 1.165) is 25.5 Å². The van der Waals surface area contributed by atoms with Crippen LogP contribution in [0.25, 0.3) is 0 Å². The third kappa shape index (κ3) is 4.69. The molecule has 5 nitrogen and oxygen atoms in total. The number of rotatable bonds is 5. The molecule has 0 aliphatic carbocycles. The van der Waals surface area contributed by atoms with Crippen molar-refractivity contribution in [3.05, 3.63) is 59.7 Å². The predicted octanol–water partition coefficient (Wildman–Crippen LogP) is 3.19. The van der Waals surface area contributed by atoms with Crippen molar-refractivity contribution < 1.29 is 17.9 Å². The van der Waals surface area contributed by atoms with E-state index in [1.165, 1.54) is 18.7 Å². The Morgan fingerprint density at radius 3 is 2.37 bits per heavy atom. The van der Waals surface area contributed by atoms with Crippen molar-refractivity contribution in [2.45, 2.75) is 24.2 Å². The second kappa shape index (κ2) is 8.13. The highest BCUT2D eigenvalue weighted by Gasteiger charge is 2.25. The lowest BCUT2D eigenvalue weighted by atomic mass is 9.90. The Labute approximate surface area is 160 Å². The molecule has 0 atom stereocenters. The Morgan fingerprint density at radius 1 is 1.11 bits per heavy atom. The minimum atomic E-state index is -3.47. The van der Waals surface area contributed by atoms with Crippen LogP contribution in [0.1, 0.15) is 28.8 Å². The van der Waals surface area contributed by atoms with E-state index in [9.17, 15) is 13.2 Å². The van der Waals surface area contributed by atoms with Crippen molar-refractivity contribution in [3.63, 3.8) is 0 Å². The van der Waals surface area contributed by atoms with Gasteiger partial charge in [-0.15, -0.1) is 0 Å². The first-order valence-electron chi connectivity index (χ1n) is 9.10. The van der Waals surface area contributed by atoms with Crippen LogP contribution in [0, 0.1) is 5.92 Å². The molecule has 1 fully saturated rings. The molecule has 144 valence electrons. The molecule has 6 heteroatoms. The van der Waals surface area contributed by atoms with Crippen molar-refractivity contribution >= 4 is 15.7 Å². The molecule has 2 aromatic carbocycles. The Morgan fingerprint density at radius 2 is 1.78 bits per heavy atom. The van der Waals surface area contributed by atoms with E-state index >= 15 is 0 Å². The molecular formula is C21H25NO4S. The number of hydrogen-bond acceptors (Lipinski definition) is 4. The summed E-state index contributed by atoms with van der Waals surface area (Å²) in [5.41, 5.74) is 1.72. The summed E-state index contributed by atoms with van der Waals surface area (Å²) < 4.78 is 29.1. The number of hydrogen-bond donors (Lipinski definition) is 0. The van der Waals surface area contributed by atoms with Crippen LogP contribution in [0.2, 0.25) is 0 Å². The zero-order valence-electron chi connectivity index (χ0n) is 15.7. The average Bonchev–Trinajstić information content (AvgIpc) is 2.67.